The number of benzene rings is 1. The van der Waals surface area contributed by atoms with Crippen LogP contribution in [-0.4, -0.2) is 40.6 Å². The molecule has 120 valence electrons. The normalized spacial score (nSPS) is 12.9. The topological polar surface area (TPSA) is 65.7 Å². The SMILES string of the molecule is COc1cc(OC)c(C(CN)NCC(F)(F)F)c(OC)c1. The quantitative estimate of drug-likeness (QED) is 0.805. The fourth-order valence-electron chi connectivity index (χ4n) is 1.92. The molecule has 5 nitrogen and oxygen atoms in total. The highest BCUT2D eigenvalue weighted by molar-refractivity contribution is 5.52. The van der Waals surface area contributed by atoms with Crippen molar-refractivity contribution in [3.63, 3.8) is 0 Å². The predicted octanol–water partition coefficient (Wildman–Crippen LogP) is 1.86. The van der Waals surface area contributed by atoms with Crippen molar-refractivity contribution in [3.8, 4) is 17.2 Å². The molecule has 0 spiro atoms. The van der Waals surface area contributed by atoms with Gasteiger partial charge < -0.3 is 25.3 Å². The molecule has 21 heavy (non-hydrogen) atoms. The van der Waals surface area contributed by atoms with Gasteiger partial charge in [-0.3, -0.25) is 0 Å². The van der Waals surface area contributed by atoms with Gasteiger partial charge in [-0.05, 0) is 0 Å². The Kier molecular flexibility index (Phi) is 6.10. The summed E-state index contributed by atoms with van der Waals surface area (Å²) in [6, 6.07) is 2.37. The van der Waals surface area contributed by atoms with Crippen LogP contribution in [0, 0.1) is 0 Å². The van der Waals surface area contributed by atoms with Gasteiger partial charge >= 0.3 is 6.18 Å². The van der Waals surface area contributed by atoms with E-state index in [2.05, 4.69) is 5.32 Å². The Labute approximate surface area is 121 Å². The van der Waals surface area contributed by atoms with E-state index in [0.717, 1.165) is 0 Å². The van der Waals surface area contributed by atoms with Gasteiger partial charge in [0.2, 0.25) is 0 Å². The van der Waals surface area contributed by atoms with Crippen molar-refractivity contribution in [2.75, 3.05) is 34.4 Å². The van der Waals surface area contributed by atoms with Crippen molar-refractivity contribution in [2.45, 2.75) is 12.2 Å². The van der Waals surface area contributed by atoms with E-state index in [1.165, 1.54) is 21.3 Å². The van der Waals surface area contributed by atoms with Crippen molar-refractivity contribution < 1.29 is 27.4 Å². The minimum absolute atomic E-state index is 0.0465. The molecule has 0 amide bonds. The molecule has 1 atom stereocenters. The van der Waals surface area contributed by atoms with E-state index in [0.29, 0.717) is 22.8 Å². The lowest BCUT2D eigenvalue weighted by molar-refractivity contribution is -0.126. The second-order valence-corrected chi connectivity index (χ2v) is 4.23. The van der Waals surface area contributed by atoms with Crippen LogP contribution >= 0.6 is 0 Å². The summed E-state index contributed by atoms with van der Waals surface area (Å²) in [5.74, 6) is 1.16. The third-order valence-electron chi connectivity index (χ3n) is 2.89. The smallest absolute Gasteiger partial charge is 0.401 e. The van der Waals surface area contributed by atoms with E-state index in [4.69, 9.17) is 19.9 Å². The van der Waals surface area contributed by atoms with Crippen LogP contribution in [0.1, 0.15) is 11.6 Å². The highest BCUT2D eigenvalue weighted by Gasteiger charge is 2.30. The molecule has 0 aliphatic rings. The number of halogens is 3. The van der Waals surface area contributed by atoms with Crippen LogP contribution in [0.3, 0.4) is 0 Å². The van der Waals surface area contributed by atoms with Crippen LogP contribution in [0.25, 0.3) is 0 Å². The number of nitrogens with one attached hydrogen (secondary N) is 1. The molecule has 0 aliphatic carbocycles. The standard InChI is InChI=1S/C13H19F3N2O3/c1-19-8-4-10(20-2)12(11(5-8)21-3)9(6-17)18-7-13(14,15)16/h4-5,9,18H,6-7,17H2,1-3H3. The number of rotatable bonds is 7. The number of hydrogen-bond donors (Lipinski definition) is 2. The van der Waals surface area contributed by atoms with E-state index in [9.17, 15) is 13.2 Å². The van der Waals surface area contributed by atoms with Crippen molar-refractivity contribution in [2.24, 2.45) is 5.73 Å². The van der Waals surface area contributed by atoms with E-state index in [1.54, 1.807) is 12.1 Å². The molecule has 1 aromatic carbocycles. The first-order valence-electron chi connectivity index (χ1n) is 6.16. The molecular formula is C13H19F3N2O3. The predicted molar refractivity (Wildman–Crippen MR) is 72.0 cm³/mol. The summed E-state index contributed by atoms with van der Waals surface area (Å²) in [4.78, 5) is 0. The number of nitrogens with two attached hydrogens (primary N) is 1. The number of hydrogen-bond acceptors (Lipinski definition) is 5. The first kappa shape index (κ1) is 17.4. The maximum absolute atomic E-state index is 12.4. The summed E-state index contributed by atoms with van der Waals surface area (Å²) in [5, 5.41) is 2.36. The number of ether oxygens (including phenoxy) is 3. The van der Waals surface area contributed by atoms with Gasteiger partial charge in [0.1, 0.15) is 17.2 Å². The summed E-state index contributed by atoms with van der Waals surface area (Å²) in [6.45, 7) is -1.21. The summed E-state index contributed by atoms with van der Waals surface area (Å²) in [5.41, 5.74) is 6.00. The zero-order chi connectivity index (χ0) is 16.0. The molecule has 8 heteroatoms. The Morgan fingerprint density at radius 2 is 1.62 bits per heavy atom. The van der Waals surface area contributed by atoms with Gasteiger partial charge in [-0.2, -0.15) is 13.2 Å². The average molecular weight is 308 g/mol. The van der Waals surface area contributed by atoms with E-state index >= 15 is 0 Å². The van der Waals surface area contributed by atoms with Gasteiger partial charge in [-0.25, -0.2) is 0 Å². The Morgan fingerprint density at radius 3 is 1.95 bits per heavy atom. The third kappa shape index (κ3) is 4.68. The number of alkyl halides is 3. The van der Waals surface area contributed by atoms with Crippen molar-refractivity contribution in [3.05, 3.63) is 17.7 Å². The average Bonchev–Trinajstić information content (AvgIpc) is 2.46. The first-order valence-corrected chi connectivity index (χ1v) is 6.16. The fourth-order valence-corrected chi connectivity index (χ4v) is 1.92. The highest BCUT2D eigenvalue weighted by Crippen LogP contribution is 2.38. The maximum atomic E-state index is 12.4. The van der Waals surface area contributed by atoms with Crippen LogP contribution in [0.4, 0.5) is 13.2 Å². The van der Waals surface area contributed by atoms with Crippen LogP contribution in [0.2, 0.25) is 0 Å². The second-order valence-electron chi connectivity index (χ2n) is 4.23. The Hall–Kier alpha value is -1.67. The molecular weight excluding hydrogens is 289 g/mol. The van der Waals surface area contributed by atoms with Crippen LogP contribution in [0.5, 0.6) is 17.2 Å². The molecule has 0 aliphatic heterocycles. The summed E-state index contributed by atoms with van der Waals surface area (Å²) < 4.78 is 52.6. The molecule has 0 fully saturated rings. The van der Waals surface area contributed by atoms with Crippen LogP contribution < -0.4 is 25.3 Å². The zero-order valence-corrected chi connectivity index (χ0v) is 12.1. The minimum Gasteiger partial charge on any atom is -0.496 e. The summed E-state index contributed by atoms with van der Waals surface area (Å²) >= 11 is 0. The molecule has 0 aromatic heterocycles. The zero-order valence-electron chi connectivity index (χ0n) is 12.1. The second kappa shape index (κ2) is 7.37. The van der Waals surface area contributed by atoms with Gasteiger partial charge in [0.25, 0.3) is 0 Å². The molecule has 3 N–H and O–H groups in total. The maximum Gasteiger partial charge on any atom is 0.401 e. The lowest BCUT2D eigenvalue weighted by Crippen LogP contribution is -2.36. The molecule has 0 bridgehead atoms. The first-order chi connectivity index (χ1) is 9.86. The lowest BCUT2D eigenvalue weighted by Gasteiger charge is -2.23. The molecule has 0 saturated carbocycles. The van der Waals surface area contributed by atoms with Gasteiger partial charge in [0, 0.05) is 18.7 Å². The monoisotopic (exact) mass is 308 g/mol. The molecule has 0 heterocycles. The molecule has 0 radical (unpaired) electrons. The van der Waals surface area contributed by atoms with E-state index < -0.39 is 18.8 Å². The van der Waals surface area contributed by atoms with Crippen molar-refractivity contribution >= 4 is 0 Å². The molecule has 1 rings (SSSR count). The van der Waals surface area contributed by atoms with Gasteiger partial charge in [0.15, 0.2) is 0 Å². The van der Waals surface area contributed by atoms with Crippen LogP contribution in [-0.2, 0) is 0 Å². The van der Waals surface area contributed by atoms with Gasteiger partial charge in [0.05, 0.1) is 39.5 Å². The van der Waals surface area contributed by atoms with Gasteiger partial charge in [-0.15, -0.1) is 0 Å². The Balaban J connectivity index is 3.17. The summed E-state index contributed by atoms with van der Waals surface area (Å²) in [7, 11) is 4.29. The third-order valence-corrected chi connectivity index (χ3v) is 2.89. The van der Waals surface area contributed by atoms with Crippen LogP contribution in [0.15, 0.2) is 12.1 Å². The van der Waals surface area contributed by atoms with E-state index in [1.807, 2.05) is 0 Å². The highest BCUT2D eigenvalue weighted by atomic mass is 19.4. The van der Waals surface area contributed by atoms with Crippen molar-refractivity contribution in [1.29, 1.82) is 0 Å². The lowest BCUT2D eigenvalue weighted by atomic mass is 10.0. The molecule has 0 saturated heterocycles. The molecule has 1 unspecified atom stereocenters. The van der Waals surface area contributed by atoms with E-state index in [-0.39, 0.29) is 6.54 Å². The van der Waals surface area contributed by atoms with Crippen molar-refractivity contribution in [1.82, 2.24) is 5.32 Å². The molecule has 1 aromatic rings. The van der Waals surface area contributed by atoms with Gasteiger partial charge in [-0.1, -0.05) is 0 Å². The number of methoxy groups -OCH3 is 3. The Morgan fingerprint density at radius 1 is 1.10 bits per heavy atom. The minimum atomic E-state index is -4.33. The Bertz CT molecular complexity index is 441. The summed E-state index contributed by atoms with van der Waals surface area (Å²) in [6.07, 6.45) is -4.33. The fraction of sp³-hybridized carbons (Fsp3) is 0.538. The largest absolute Gasteiger partial charge is 0.496 e.